The summed E-state index contributed by atoms with van der Waals surface area (Å²) in [5.74, 6) is -0.457. The quantitative estimate of drug-likeness (QED) is 0.706. The number of amides is 1. The van der Waals surface area contributed by atoms with Gasteiger partial charge in [-0.05, 0) is 31.4 Å². The molecule has 1 amide bonds. The van der Waals surface area contributed by atoms with Crippen LogP contribution in [0.2, 0.25) is 0 Å². The van der Waals surface area contributed by atoms with Gasteiger partial charge in [0.15, 0.2) is 5.13 Å². The highest BCUT2D eigenvalue weighted by Gasteiger charge is 2.23. The summed E-state index contributed by atoms with van der Waals surface area (Å²) in [5.41, 5.74) is 1.26. The average molecular weight is 398 g/mol. The van der Waals surface area contributed by atoms with Crippen molar-refractivity contribution in [3.8, 4) is 0 Å². The first kappa shape index (κ1) is 18.8. The summed E-state index contributed by atoms with van der Waals surface area (Å²) in [6, 6.07) is 8.97. The summed E-state index contributed by atoms with van der Waals surface area (Å²) < 4.78 is 5.75. The minimum atomic E-state index is -0.457. The highest BCUT2D eigenvalue weighted by Crippen LogP contribution is 2.20. The maximum atomic E-state index is 12.6. The van der Waals surface area contributed by atoms with E-state index in [9.17, 15) is 9.59 Å². The standard InChI is InChI=1S/C20H22N4O3S/c1-12-8-24(9-13(2)27-12)10-15-11-28-20(21-15)23-19(26)16-7-14-5-3-4-6-17(14)22-18(16)25/h3-7,11-13H,8-10H2,1-2H3,(H,22,25)(H,21,23,26). The molecule has 0 bridgehead atoms. The van der Waals surface area contributed by atoms with Crippen LogP contribution >= 0.6 is 11.3 Å². The Balaban J connectivity index is 1.46. The number of H-pyrrole nitrogens is 1. The number of carbonyl (C=O) groups excluding carboxylic acids is 1. The van der Waals surface area contributed by atoms with Crippen LogP contribution in [0.25, 0.3) is 10.9 Å². The van der Waals surface area contributed by atoms with Gasteiger partial charge in [0.2, 0.25) is 0 Å². The van der Waals surface area contributed by atoms with E-state index in [0.29, 0.717) is 17.2 Å². The van der Waals surface area contributed by atoms with Crippen molar-refractivity contribution in [2.45, 2.75) is 32.6 Å². The van der Waals surface area contributed by atoms with Crippen LogP contribution in [0, 0.1) is 0 Å². The molecular formula is C20H22N4O3S. The van der Waals surface area contributed by atoms with Crippen molar-refractivity contribution in [2.75, 3.05) is 18.4 Å². The molecule has 3 heterocycles. The van der Waals surface area contributed by atoms with E-state index in [0.717, 1.165) is 24.2 Å². The van der Waals surface area contributed by atoms with Gasteiger partial charge in [-0.15, -0.1) is 11.3 Å². The molecule has 1 saturated heterocycles. The van der Waals surface area contributed by atoms with E-state index < -0.39 is 11.5 Å². The molecule has 28 heavy (non-hydrogen) atoms. The summed E-state index contributed by atoms with van der Waals surface area (Å²) in [6.45, 7) is 6.56. The minimum absolute atomic E-state index is 0.0753. The Morgan fingerprint density at radius 1 is 1.32 bits per heavy atom. The molecule has 146 valence electrons. The molecule has 1 fully saturated rings. The lowest BCUT2D eigenvalue weighted by molar-refractivity contribution is -0.0707. The van der Waals surface area contributed by atoms with Crippen molar-refractivity contribution in [2.24, 2.45) is 0 Å². The number of pyridine rings is 1. The molecule has 2 aromatic heterocycles. The second-order valence-corrected chi connectivity index (χ2v) is 8.01. The Morgan fingerprint density at radius 2 is 2.07 bits per heavy atom. The van der Waals surface area contributed by atoms with Gasteiger partial charge >= 0.3 is 0 Å². The number of ether oxygens (including phenoxy) is 1. The first-order chi connectivity index (χ1) is 13.5. The molecule has 0 aliphatic carbocycles. The maximum absolute atomic E-state index is 12.6. The van der Waals surface area contributed by atoms with Gasteiger partial charge in [-0.2, -0.15) is 0 Å². The number of thiazole rings is 1. The predicted molar refractivity (Wildman–Crippen MR) is 110 cm³/mol. The lowest BCUT2D eigenvalue weighted by Crippen LogP contribution is -2.44. The highest BCUT2D eigenvalue weighted by atomic mass is 32.1. The summed E-state index contributed by atoms with van der Waals surface area (Å²) >= 11 is 1.36. The number of morpholine rings is 1. The summed E-state index contributed by atoms with van der Waals surface area (Å²) in [6.07, 6.45) is 0.391. The molecule has 0 spiro atoms. The molecule has 7 nitrogen and oxygen atoms in total. The van der Waals surface area contributed by atoms with E-state index in [1.165, 1.54) is 11.3 Å². The molecule has 0 radical (unpaired) electrons. The first-order valence-electron chi connectivity index (χ1n) is 9.23. The fourth-order valence-electron chi connectivity index (χ4n) is 3.56. The van der Waals surface area contributed by atoms with Crippen LogP contribution in [0.15, 0.2) is 40.5 Å². The van der Waals surface area contributed by atoms with Crippen LogP contribution in [0.4, 0.5) is 5.13 Å². The van der Waals surface area contributed by atoms with Gasteiger partial charge in [0, 0.05) is 30.5 Å². The lowest BCUT2D eigenvalue weighted by Gasteiger charge is -2.34. The summed E-state index contributed by atoms with van der Waals surface area (Å²) in [4.78, 5) is 34.4. The van der Waals surface area contributed by atoms with Crippen LogP contribution in [-0.4, -0.2) is 46.1 Å². The number of benzene rings is 1. The van der Waals surface area contributed by atoms with E-state index in [1.807, 2.05) is 23.6 Å². The van der Waals surface area contributed by atoms with Crippen molar-refractivity contribution in [1.29, 1.82) is 0 Å². The van der Waals surface area contributed by atoms with Gasteiger partial charge in [0.05, 0.1) is 17.9 Å². The van der Waals surface area contributed by atoms with E-state index in [4.69, 9.17) is 4.74 Å². The van der Waals surface area contributed by atoms with Crippen LogP contribution in [0.1, 0.15) is 29.9 Å². The normalized spacial score (nSPS) is 20.4. The Morgan fingerprint density at radius 3 is 2.86 bits per heavy atom. The highest BCUT2D eigenvalue weighted by molar-refractivity contribution is 7.14. The predicted octanol–water partition coefficient (Wildman–Crippen LogP) is 2.85. The number of hydrogen-bond donors (Lipinski definition) is 2. The zero-order valence-corrected chi connectivity index (χ0v) is 16.6. The molecular weight excluding hydrogens is 376 g/mol. The first-order valence-corrected chi connectivity index (χ1v) is 10.1. The van der Waals surface area contributed by atoms with Crippen LogP contribution in [0.3, 0.4) is 0 Å². The van der Waals surface area contributed by atoms with Gasteiger partial charge in [0.25, 0.3) is 11.5 Å². The van der Waals surface area contributed by atoms with Crippen LogP contribution in [-0.2, 0) is 11.3 Å². The number of para-hydroxylation sites is 1. The Labute approximate surface area is 166 Å². The molecule has 0 saturated carbocycles. The second-order valence-electron chi connectivity index (χ2n) is 7.15. The van der Waals surface area contributed by atoms with E-state index in [1.54, 1.807) is 12.1 Å². The van der Waals surface area contributed by atoms with Gasteiger partial charge in [-0.1, -0.05) is 18.2 Å². The van der Waals surface area contributed by atoms with Crippen molar-refractivity contribution in [3.63, 3.8) is 0 Å². The fourth-order valence-corrected chi connectivity index (χ4v) is 4.26. The average Bonchev–Trinajstić information content (AvgIpc) is 3.06. The maximum Gasteiger partial charge on any atom is 0.263 e. The molecule has 1 aromatic carbocycles. The number of nitrogens with one attached hydrogen (secondary N) is 2. The fraction of sp³-hybridized carbons (Fsp3) is 0.350. The molecule has 2 N–H and O–H groups in total. The van der Waals surface area contributed by atoms with Crippen LogP contribution < -0.4 is 10.9 Å². The van der Waals surface area contributed by atoms with Crippen molar-refractivity contribution < 1.29 is 9.53 Å². The molecule has 3 aromatic rings. The number of nitrogens with zero attached hydrogens (tertiary/aromatic N) is 2. The third-order valence-corrected chi connectivity index (χ3v) is 5.46. The molecule has 2 atom stereocenters. The SMILES string of the molecule is CC1CN(Cc2csc(NC(=O)c3cc4ccccc4[nH]c3=O)n2)CC(C)O1. The summed E-state index contributed by atoms with van der Waals surface area (Å²) in [7, 11) is 0. The Hall–Kier alpha value is -2.55. The third-order valence-electron chi connectivity index (χ3n) is 4.65. The number of carbonyl (C=O) groups is 1. The number of anilines is 1. The van der Waals surface area contributed by atoms with Gasteiger partial charge in [-0.3, -0.25) is 19.8 Å². The lowest BCUT2D eigenvalue weighted by atomic mass is 10.1. The van der Waals surface area contributed by atoms with Crippen molar-refractivity contribution >= 4 is 33.3 Å². The minimum Gasteiger partial charge on any atom is -0.373 e. The number of fused-ring (bicyclic) bond motifs is 1. The number of aromatic nitrogens is 2. The topological polar surface area (TPSA) is 87.3 Å². The van der Waals surface area contributed by atoms with E-state index >= 15 is 0 Å². The Kier molecular flexibility index (Phi) is 5.25. The van der Waals surface area contributed by atoms with E-state index in [-0.39, 0.29) is 17.8 Å². The second kappa shape index (κ2) is 7.83. The monoisotopic (exact) mass is 398 g/mol. The Bertz CT molecular complexity index is 1050. The van der Waals surface area contributed by atoms with E-state index in [2.05, 4.69) is 34.0 Å². The van der Waals surface area contributed by atoms with Gasteiger partial charge < -0.3 is 9.72 Å². The van der Waals surface area contributed by atoms with Gasteiger partial charge in [0.1, 0.15) is 5.56 Å². The van der Waals surface area contributed by atoms with Crippen molar-refractivity contribution in [3.05, 3.63) is 57.3 Å². The number of hydrogen-bond acceptors (Lipinski definition) is 6. The molecule has 8 heteroatoms. The smallest absolute Gasteiger partial charge is 0.263 e. The number of rotatable bonds is 4. The number of aromatic amines is 1. The molecule has 2 unspecified atom stereocenters. The third kappa shape index (κ3) is 4.14. The summed E-state index contributed by atoms with van der Waals surface area (Å²) in [5, 5.41) is 5.98. The van der Waals surface area contributed by atoms with Gasteiger partial charge in [-0.25, -0.2) is 4.98 Å². The zero-order valence-electron chi connectivity index (χ0n) is 15.8. The zero-order chi connectivity index (χ0) is 19.7. The van der Waals surface area contributed by atoms with Crippen molar-refractivity contribution in [1.82, 2.24) is 14.9 Å². The largest absolute Gasteiger partial charge is 0.373 e. The molecule has 4 rings (SSSR count). The molecule has 1 aliphatic rings. The molecule has 1 aliphatic heterocycles. The van der Waals surface area contributed by atoms with Crippen LogP contribution in [0.5, 0.6) is 0 Å².